The molecule has 1 fully saturated rings. The average molecular weight is 521 g/mol. The molecule has 1 heterocycles. The first-order valence-corrected chi connectivity index (χ1v) is 11.9. The van der Waals surface area contributed by atoms with Crippen molar-refractivity contribution in [1.29, 1.82) is 0 Å². The van der Waals surface area contributed by atoms with Gasteiger partial charge in [-0.3, -0.25) is 19.2 Å². The van der Waals surface area contributed by atoms with Crippen LogP contribution >= 0.6 is 0 Å². The minimum atomic E-state index is -1.71. The van der Waals surface area contributed by atoms with Crippen LogP contribution in [0.1, 0.15) is 43.0 Å². The number of unbranched alkanes of at least 4 members (excludes halogenated alkanes) is 1. The number of carbonyl (C=O) groups is 6. The molecule has 12 nitrogen and oxygen atoms in total. The molecule has 1 aromatic carbocycles. The quantitative estimate of drug-likeness (QED) is 0.204. The highest BCUT2D eigenvalue weighted by Gasteiger charge is 2.47. The molecule has 0 saturated carbocycles. The largest absolute Gasteiger partial charge is 0.461 e. The number of benzene rings is 1. The zero-order valence-electron chi connectivity index (χ0n) is 21.1. The van der Waals surface area contributed by atoms with E-state index in [9.17, 15) is 33.9 Å². The van der Waals surface area contributed by atoms with Gasteiger partial charge in [0.15, 0.2) is 6.10 Å². The second-order valence-electron chi connectivity index (χ2n) is 8.62. The number of amides is 1. The fourth-order valence-electron chi connectivity index (χ4n) is 3.36. The van der Waals surface area contributed by atoms with Gasteiger partial charge in [-0.15, -0.1) is 0 Å². The Morgan fingerprint density at radius 1 is 1.05 bits per heavy atom. The summed E-state index contributed by atoms with van der Waals surface area (Å²) < 4.78 is 14.8. The summed E-state index contributed by atoms with van der Waals surface area (Å²) in [5.41, 5.74) is 0.872. The van der Waals surface area contributed by atoms with E-state index in [2.05, 4.69) is 4.74 Å². The first-order valence-electron chi connectivity index (χ1n) is 11.9. The maximum atomic E-state index is 12.9. The summed E-state index contributed by atoms with van der Waals surface area (Å²) in [5.74, 6) is -5.74. The zero-order chi connectivity index (χ0) is 27.5. The molecule has 1 amide bonds. The molecule has 0 spiro atoms. The molecule has 0 unspecified atom stereocenters. The highest BCUT2D eigenvalue weighted by molar-refractivity contribution is 6.65. The van der Waals surface area contributed by atoms with Crippen molar-refractivity contribution in [3.8, 4) is 0 Å². The molecule has 0 radical (unpaired) electrons. The number of ether oxygens (including phenoxy) is 3. The number of ketones is 2. The van der Waals surface area contributed by atoms with Gasteiger partial charge in [0, 0.05) is 25.2 Å². The van der Waals surface area contributed by atoms with Crippen LogP contribution in [-0.4, -0.2) is 98.0 Å². The lowest BCUT2D eigenvalue weighted by molar-refractivity contribution is -0.166. The Balaban J connectivity index is 1.98. The minimum Gasteiger partial charge on any atom is -0.461 e. The molecule has 1 aliphatic rings. The number of anilines is 1. The standard InChI is InChI=1S/C25H32N2O10/c1-4-5-12-27(17-8-6-16(7-9-17)24(33)35-14-13-26(2)3)19(29)10-11-20(30)36-18(15-28)23-21(31)22(32)25(34)37-23/h6-9,18,23,28H,4-5,10-15H2,1-3H3/t18-,23+/m0/s1. The lowest BCUT2D eigenvalue weighted by Crippen LogP contribution is -2.39. The van der Waals surface area contributed by atoms with Crippen LogP contribution in [-0.2, 0) is 38.2 Å². The number of hydrogen-bond donors (Lipinski definition) is 1. The molecule has 0 aromatic heterocycles. The Morgan fingerprint density at radius 3 is 2.27 bits per heavy atom. The molecule has 0 bridgehead atoms. The first-order chi connectivity index (χ1) is 17.6. The third-order valence-corrected chi connectivity index (χ3v) is 5.47. The number of cyclic esters (lactones) is 1. The van der Waals surface area contributed by atoms with Crippen LogP contribution in [0.5, 0.6) is 0 Å². The van der Waals surface area contributed by atoms with Gasteiger partial charge in [-0.1, -0.05) is 13.3 Å². The second kappa shape index (κ2) is 14.2. The Kier molecular flexibility index (Phi) is 11.3. The highest BCUT2D eigenvalue weighted by Crippen LogP contribution is 2.19. The maximum Gasteiger partial charge on any atom is 0.383 e. The van der Waals surface area contributed by atoms with Gasteiger partial charge in [-0.25, -0.2) is 9.59 Å². The number of likely N-dealkylation sites (N-methyl/N-ethyl adjacent to an activating group) is 1. The van der Waals surface area contributed by atoms with Crippen molar-refractivity contribution in [2.45, 2.75) is 44.8 Å². The predicted octanol–water partition coefficient (Wildman–Crippen LogP) is 0.286. The maximum absolute atomic E-state index is 12.9. The lowest BCUT2D eigenvalue weighted by Gasteiger charge is -2.23. The van der Waals surface area contributed by atoms with E-state index < -0.39 is 48.3 Å². The number of carbonyl (C=O) groups excluding carboxylic acids is 6. The van der Waals surface area contributed by atoms with Crippen LogP contribution in [0.2, 0.25) is 0 Å². The summed E-state index contributed by atoms with van der Waals surface area (Å²) in [6.07, 6.45) is -2.37. The zero-order valence-corrected chi connectivity index (χ0v) is 21.1. The van der Waals surface area contributed by atoms with Crippen molar-refractivity contribution in [1.82, 2.24) is 4.90 Å². The van der Waals surface area contributed by atoms with E-state index in [-0.39, 0.29) is 25.4 Å². The highest BCUT2D eigenvalue weighted by atomic mass is 16.6. The minimum absolute atomic E-state index is 0.244. The third kappa shape index (κ3) is 8.46. The van der Waals surface area contributed by atoms with E-state index in [0.29, 0.717) is 30.8 Å². The summed E-state index contributed by atoms with van der Waals surface area (Å²) in [7, 11) is 3.73. The normalized spacial score (nSPS) is 15.9. The van der Waals surface area contributed by atoms with E-state index in [0.717, 1.165) is 6.42 Å². The molecule has 2 atom stereocenters. The van der Waals surface area contributed by atoms with Crippen LogP contribution in [0.3, 0.4) is 0 Å². The Bertz CT molecular complexity index is 1010. The van der Waals surface area contributed by atoms with Crippen LogP contribution in [0.25, 0.3) is 0 Å². The molecular weight excluding hydrogens is 488 g/mol. The van der Waals surface area contributed by atoms with E-state index in [1.807, 2.05) is 25.9 Å². The molecule has 1 saturated heterocycles. The number of esters is 3. The molecule has 1 aromatic rings. The number of hydrogen-bond acceptors (Lipinski definition) is 11. The summed E-state index contributed by atoms with van der Waals surface area (Å²) in [6, 6.07) is 6.35. The van der Waals surface area contributed by atoms with Crippen LogP contribution in [0, 0.1) is 0 Å². The molecule has 12 heteroatoms. The summed E-state index contributed by atoms with van der Waals surface area (Å²) in [4.78, 5) is 75.1. The first kappa shape index (κ1) is 29.6. The van der Waals surface area contributed by atoms with E-state index in [4.69, 9.17) is 9.47 Å². The van der Waals surface area contributed by atoms with Crippen molar-refractivity contribution in [3.63, 3.8) is 0 Å². The molecule has 0 aliphatic carbocycles. The summed E-state index contributed by atoms with van der Waals surface area (Å²) in [5, 5.41) is 9.43. The SMILES string of the molecule is CCCCN(C(=O)CCC(=O)O[C@@H](CO)[C@H]1OC(=O)C(=O)C1=O)c1ccc(C(=O)OCCN(C)C)cc1. The molecule has 37 heavy (non-hydrogen) atoms. The Morgan fingerprint density at radius 2 is 1.73 bits per heavy atom. The van der Waals surface area contributed by atoms with Crippen molar-refractivity contribution in [2.24, 2.45) is 0 Å². The van der Waals surface area contributed by atoms with Crippen LogP contribution in [0.4, 0.5) is 5.69 Å². The van der Waals surface area contributed by atoms with Crippen LogP contribution < -0.4 is 4.90 Å². The van der Waals surface area contributed by atoms with Crippen molar-refractivity contribution < 1.29 is 48.1 Å². The summed E-state index contributed by atoms with van der Waals surface area (Å²) >= 11 is 0. The Hall–Kier alpha value is -3.64. The van der Waals surface area contributed by atoms with E-state index >= 15 is 0 Å². The fourth-order valence-corrected chi connectivity index (χ4v) is 3.36. The number of rotatable bonds is 14. The number of aliphatic hydroxyl groups excluding tert-OH is 1. The smallest absolute Gasteiger partial charge is 0.383 e. The van der Waals surface area contributed by atoms with Gasteiger partial charge in [-0.2, -0.15) is 0 Å². The monoisotopic (exact) mass is 520 g/mol. The lowest BCUT2D eigenvalue weighted by atomic mass is 10.1. The van der Waals surface area contributed by atoms with Crippen molar-refractivity contribution >= 4 is 41.1 Å². The second-order valence-corrected chi connectivity index (χ2v) is 8.62. The summed E-state index contributed by atoms with van der Waals surface area (Å²) in [6.45, 7) is 2.32. The molecule has 1 aliphatic heterocycles. The van der Waals surface area contributed by atoms with Crippen molar-refractivity contribution in [3.05, 3.63) is 29.8 Å². The molecule has 202 valence electrons. The van der Waals surface area contributed by atoms with Crippen molar-refractivity contribution in [2.75, 3.05) is 45.3 Å². The van der Waals surface area contributed by atoms with Gasteiger partial charge in [0.05, 0.1) is 18.6 Å². The van der Waals surface area contributed by atoms with E-state index in [1.165, 1.54) is 4.90 Å². The van der Waals surface area contributed by atoms with Gasteiger partial charge in [-0.05, 0) is 44.8 Å². The number of nitrogens with zero attached hydrogens (tertiary/aromatic N) is 2. The topological polar surface area (TPSA) is 157 Å². The van der Waals surface area contributed by atoms with Gasteiger partial charge in [0.25, 0.3) is 5.78 Å². The number of aliphatic hydroxyl groups is 1. The van der Waals surface area contributed by atoms with Gasteiger partial charge < -0.3 is 29.1 Å². The number of Topliss-reactive ketones (excluding diaryl/α,β-unsaturated/α-hetero) is 2. The van der Waals surface area contributed by atoms with Crippen LogP contribution in [0.15, 0.2) is 24.3 Å². The Labute approximate surface area is 214 Å². The fraction of sp³-hybridized carbons (Fsp3) is 0.520. The average Bonchev–Trinajstić information content (AvgIpc) is 3.13. The predicted molar refractivity (Wildman–Crippen MR) is 129 cm³/mol. The third-order valence-electron chi connectivity index (χ3n) is 5.47. The van der Waals surface area contributed by atoms with Gasteiger partial charge in [0.2, 0.25) is 12.0 Å². The van der Waals surface area contributed by atoms with Gasteiger partial charge in [0.1, 0.15) is 6.61 Å². The molecule has 2 rings (SSSR count). The molecular formula is C25H32N2O10. The van der Waals surface area contributed by atoms with Gasteiger partial charge >= 0.3 is 23.7 Å². The van der Waals surface area contributed by atoms with E-state index in [1.54, 1.807) is 24.3 Å². The molecule has 1 N–H and O–H groups in total.